The summed E-state index contributed by atoms with van der Waals surface area (Å²) in [5, 5.41) is 0. The van der Waals surface area contributed by atoms with Gasteiger partial charge in [0.25, 0.3) is 0 Å². The van der Waals surface area contributed by atoms with Crippen LogP contribution in [0.3, 0.4) is 0 Å². The van der Waals surface area contributed by atoms with Crippen molar-refractivity contribution in [2.24, 2.45) is 17.8 Å². The van der Waals surface area contributed by atoms with Gasteiger partial charge in [0, 0.05) is 25.2 Å². The largest absolute Gasteiger partial charge is 0.491 e. The number of carbonyl (C=O) groups excluding carboxylic acids is 1. The summed E-state index contributed by atoms with van der Waals surface area (Å²) >= 11 is 0. The Balaban J connectivity index is 1.51. The van der Waals surface area contributed by atoms with Gasteiger partial charge in [-0.15, -0.1) is 0 Å². The summed E-state index contributed by atoms with van der Waals surface area (Å²) in [5.41, 5.74) is -1.54. The number of carbonyl (C=O) groups is 1. The van der Waals surface area contributed by atoms with Gasteiger partial charge in [-0.3, -0.25) is 0 Å². The molecule has 1 amide bonds. The lowest BCUT2D eigenvalue weighted by Crippen LogP contribution is -2.37. The maximum atomic E-state index is 12.9. The number of amides is 1. The van der Waals surface area contributed by atoms with Crippen molar-refractivity contribution in [3.05, 3.63) is 24.0 Å². The molecule has 0 radical (unpaired) electrons. The zero-order chi connectivity index (χ0) is 18.4. The summed E-state index contributed by atoms with van der Waals surface area (Å²) in [5.74, 6) is 0.445. The van der Waals surface area contributed by atoms with E-state index in [1.807, 2.05) is 20.8 Å². The number of fused-ring (bicyclic) bond motifs is 1. The molecule has 138 valence electrons. The van der Waals surface area contributed by atoms with Crippen LogP contribution in [0.4, 0.5) is 18.0 Å². The number of pyridine rings is 1. The van der Waals surface area contributed by atoms with Gasteiger partial charge in [0.1, 0.15) is 11.4 Å². The number of rotatable bonds is 3. The van der Waals surface area contributed by atoms with Crippen molar-refractivity contribution in [1.82, 2.24) is 9.88 Å². The van der Waals surface area contributed by atoms with Gasteiger partial charge >= 0.3 is 12.3 Å². The van der Waals surface area contributed by atoms with E-state index < -0.39 is 17.5 Å². The van der Waals surface area contributed by atoms with E-state index >= 15 is 0 Å². The average molecular weight is 358 g/mol. The van der Waals surface area contributed by atoms with Crippen molar-refractivity contribution >= 4 is 6.09 Å². The summed E-state index contributed by atoms with van der Waals surface area (Å²) in [7, 11) is 0. The molecule has 1 saturated carbocycles. The Kier molecular flexibility index (Phi) is 4.33. The van der Waals surface area contributed by atoms with Crippen LogP contribution < -0.4 is 4.74 Å². The number of likely N-dealkylation sites (tertiary alicyclic amines) is 1. The molecule has 2 unspecified atom stereocenters. The van der Waals surface area contributed by atoms with Gasteiger partial charge in [-0.2, -0.15) is 13.2 Å². The second-order valence-electron chi connectivity index (χ2n) is 7.54. The Bertz CT molecular complexity index is 645. The van der Waals surface area contributed by atoms with Crippen LogP contribution in [-0.2, 0) is 10.9 Å². The maximum absolute atomic E-state index is 12.9. The number of hydrogen-bond donors (Lipinski definition) is 0. The Hall–Kier alpha value is -1.99. The number of piperidine rings is 1. The fourth-order valence-corrected chi connectivity index (χ4v) is 3.28. The van der Waals surface area contributed by atoms with E-state index in [0.29, 0.717) is 13.1 Å². The SMILES string of the molecule is CC(C)(C)OC(=O)N1CC2C(COc3cccnc3C(F)(F)F)C2C1. The van der Waals surface area contributed by atoms with Crippen LogP contribution in [-0.4, -0.2) is 41.3 Å². The molecule has 1 aliphatic carbocycles. The van der Waals surface area contributed by atoms with Crippen molar-refractivity contribution in [3.63, 3.8) is 0 Å². The van der Waals surface area contributed by atoms with Crippen molar-refractivity contribution in [3.8, 4) is 5.75 Å². The molecular weight excluding hydrogens is 337 g/mol. The predicted octanol–water partition coefficient (Wildman–Crippen LogP) is 3.59. The highest BCUT2D eigenvalue weighted by Gasteiger charge is 2.57. The normalized spacial score (nSPS) is 25.5. The molecule has 3 rings (SSSR count). The monoisotopic (exact) mass is 358 g/mol. The van der Waals surface area contributed by atoms with Crippen LogP contribution in [0.15, 0.2) is 18.3 Å². The average Bonchev–Trinajstić information content (AvgIpc) is 2.93. The van der Waals surface area contributed by atoms with Crippen LogP contribution in [0.2, 0.25) is 0 Å². The van der Waals surface area contributed by atoms with Crippen molar-refractivity contribution in [1.29, 1.82) is 0 Å². The molecule has 2 aliphatic rings. The van der Waals surface area contributed by atoms with Gasteiger partial charge in [0.05, 0.1) is 6.61 Å². The van der Waals surface area contributed by atoms with Crippen molar-refractivity contribution < 1.29 is 27.4 Å². The minimum absolute atomic E-state index is 0.167. The second-order valence-corrected chi connectivity index (χ2v) is 7.54. The highest BCUT2D eigenvalue weighted by Crippen LogP contribution is 2.52. The van der Waals surface area contributed by atoms with E-state index in [1.165, 1.54) is 12.1 Å². The first-order valence-corrected chi connectivity index (χ1v) is 8.19. The topological polar surface area (TPSA) is 51.7 Å². The zero-order valence-corrected chi connectivity index (χ0v) is 14.3. The maximum Gasteiger partial charge on any atom is 0.437 e. The summed E-state index contributed by atoms with van der Waals surface area (Å²) in [6, 6.07) is 2.70. The Labute approximate surface area is 144 Å². The Morgan fingerprint density at radius 2 is 1.92 bits per heavy atom. The van der Waals surface area contributed by atoms with Gasteiger partial charge in [-0.25, -0.2) is 9.78 Å². The lowest BCUT2D eigenvalue weighted by Gasteiger charge is -2.26. The van der Waals surface area contributed by atoms with Crippen molar-refractivity contribution in [2.75, 3.05) is 19.7 Å². The van der Waals surface area contributed by atoms with Crippen LogP contribution in [0.5, 0.6) is 5.75 Å². The molecular formula is C17H21F3N2O3. The molecule has 1 saturated heterocycles. The molecule has 25 heavy (non-hydrogen) atoms. The summed E-state index contributed by atoms with van der Waals surface area (Å²) in [6.07, 6.45) is -3.78. The molecule has 0 bridgehead atoms. The van der Waals surface area contributed by atoms with Crippen LogP contribution in [0.25, 0.3) is 0 Å². The zero-order valence-electron chi connectivity index (χ0n) is 14.3. The van der Waals surface area contributed by atoms with E-state index in [2.05, 4.69) is 4.98 Å². The third-order valence-corrected chi connectivity index (χ3v) is 4.49. The van der Waals surface area contributed by atoms with Gasteiger partial charge in [0.15, 0.2) is 5.69 Å². The molecule has 1 aliphatic heterocycles. The van der Waals surface area contributed by atoms with Gasteiger partial charge in [-0.1, -0.05) is 0 Å². The summed E-state index contributed by atoms with van der Waals surface area (Å²) < 4.78 is 49.4. The Morgan fingerprint density at radius 3 is 2.48 bits per heavy atom. The molecule has 8 heteroatoms. The summed E-state index contributed by atoms with van der Waals surface area (Å²) in [4.78, 5) is 17.0. The van der Waals surface area contributed by atoms with Crippen LogP contribution in [0, 0.1) is 17.8 Å². The Morgan fingerprint density at radius 1 is 1.28 bits per heavy atom. The van der Waals surface area contributed by atoms with E-state index in [-0.39, 0.29) is 36.2 Å². The van der Waals surface area contributed by atoms with Crippen LogP contribution in [0.1, 0.15) is 26.5 Å². The standard InChI is InChI=1S/C17H21F3N2O3/c1-16(2,3)25-15(23)22-7-10-11(8-22)12(10)9-24-13-5-4-6-21-14(13)17(18,19)20/h4-6,10-12H,7-9H2,1-3H3. The first-order valence-electron chi connectivity index (χ1n) is 8.19. The minimum atomic E-state index is -4.54. The van der Waals surface area contributed by atoms with E-state index in [0.717, 1.165) is 6.20 Å². The number of halogens is 3. The van der Waals surface area contributed by atoms with Crippen LogP contribution >= 0.6 is 0 Å². The number of hydrogen-bond acceptors (Lipinski definition) is 4. The number of alkyl halides is 3. The fourth-order valence-electron chi connectivity index (χ4n) is 3.28. The minimum Gasteiger partial charge on any atom is -0.491 e. The lowest BCUT2D eigenvalue weighted by atomic mass is 10.2. The molecule has 1 aromatic rings. The van der Waals surface area contributed by atoms with Gasteiger partial charge in [0.2, 0.25) is 0 Å². The van der Waals surface area contributed by atoms with Crippen molar-refractivity contribution in [2.45, 2.75) is 32.5 Å². The molecule has 2 atom stereocenters. The molecule has 2 fully saturated rings. The van der Waals surface area contributed by atoms with E-state index in [4.69, 9.17) is 9.47 Å². The first-order chi connectivity index (χ1) is 11.6. The highest BCUT2D eigenvalue weighted by molar-refractivity contribution is 5.69. The lowest BCUT2D eigenvalue weighted by molar-refractivity contribution is -0.142. The van der Waals surface area contributed by atoms with Gasteiger partial charge < -0.3 is 14.4 Å². The number of aromatic nitrogens is 1. The molecule has 0 N–H and O–H groups in total. The molecule has 0 spiro atoms. The van der Waals surface area contributed by atoms with Gasteiger partial charge in [-0.05, 0) is 44.7 Å². The molecule has 1 aromatic heterocycles. The summed E-state index contributed by atoms with van der Waals surface area (Å²) in [6.45, 7) is 6.76. The third-order valence-electron chi connectivity index (χ3n) is 4.49. The van der Waals surface area contributed by atoms with E-state index in [9.17, 15) is 18.0 Å². The fraction of sp³-hybridized carbons (Fsp3) is 0.647. The van der Waals surface area contributed by atoms with E-state index in [1.54, 1.807) is 4.90 Å². The first kappa shape index (κ1) is 17.8. The number of ether oxygens (including phenoxy) is 2. The highest BCUT2D eigenvalue weighted by atomic mass is 19.4. The quantitative estimate of drug-likeness (QED) is 0.829. The molecule has 0 aromatic carbocycles. The third kappa shape index (κ3) is 3.99. The predicted molar refractivity (Wildman–Crippen MR) is 83.0 cm³/mol. The smallest absolute Gasteiger partial charge is 0.437 e. The molecule has 5 nitrogen and oxygen atoms in total. The number of nitrogens with zero attached hydrogens (tertiary/aromatic N) is 2. The second kappa shape index (κ2) is 6.07. The molecule has 2 heterocycles.